The average molecular weight is 458 g/mol. The molecule has 0 saturated heterocycles. The van der Waals surface area contributed by atoms with Crippen LogP contribution in [0.4, 0.5) is 20.0 Å². The third kappa shape index (κ3) is 6.52. The van der Waals surface area contributed by atoms with Crippen LogP contribution in [0.2, 0.25) is 0 Å². The second-order valence-corrected chi connectivity index (χ2v) is 8.79. The van der Waals surface area contributed by atoms with Crippen LogP contribution < -0.4 is 15.4 Å². The zero-order valence-corrected chi connectivity index (χ0v) is 19.0. The Hall–Kier alpha value is -3.46. The van der Waals surface area contributed by atoms with Gasteiger partial charge in [0.05, 0.1) is 19.2 Å². The van der Waals surface area contributed by atoms with E-state index in [4.69, 9.17) is 9.47 Å². The number of anilines is 2. The maximum absolute atomic E-state index is 13.9. The molecule has 1 heterocycles. The molecule has 0 unspecified atom stereocenters. The minimum Gasteiger partial charge on any atom is -0.494 e. The Morgan fingerprint density at radius 2 is 1.81 bits per heavy atom. The number of hydrogen-bond acceptors (Lipinski definition) is 6. The Morgan fingerprint density at radius 1 is 1.09 bits per heavy atom. The molecule has 0 spiro atoms. The normalized spacial score (nSPS) is 11.0. The summed E-state index contributed by atoms with van der Waals surface area (Å²) in [6.45, 7) is 5.36. The van der Waals surface area contributed by atoms with Gasteiger partial charge < -0.3 is 14.8 Å². The van der Waals surface area contributed by atoms with Crippen molar-refractivity contribution in [2.24, 2.45) is 0 Å². The van der Waals surface area contributed by atoms with Gasteiger partial charge in [-0.3, -0.25) is 10.1 Å². The van der Waals surface area contributed by atoms with Crippen molar-refractivity contribution in [1.82, 2.24) is 4.98 Å². The summed E-state index contributed by atoms with van der Waals surface area (Å²) < 4.78 is 24.0. The molecule has 2 aromatic carbocycles. The second-order valence-electron chi connectivity index (χ2n) is 7.94. The van der Waals surface area contributed by atoms with E-state index in [1.165, 1.54) is 30.6 Å². The van der Waals surface area contributed by atoms with Gasteiger partial charge in [-0.05, 0) is 56.7 Å². The van der Waals surface area contributed by atoms with Crippen LogP contribution in [-0.2, 0) is 16.0 Å². The molecule has 3 rings (SSSR count). The Labute approximate surface area is 189 Å². The summed E-state index contributed by atoms with van der Waals surface area (Å²) in [6.07, 6.45) is -0.405. The molecule has 0 aliphatic carbocycles. The smallest absolute Gasteiger partial charge is 0.412 e. The molecule has 3 aromatic rings. The first-order chi connectivity index (χ1) is 15.1. The van der Waals surface area contributed by atoms with Gasteiger partial charge in [0.1, 0.15) is 5.60 Å². The minimum absolute atomic E-state index is 0.138. The topological polar surface area (TPSA) is 89.6 Å². The Bertz CT molecular complexity index is 1110. The van der Waals surface area contributed by atoms with Crippen molar-refractivity contribution in [3.63, 3.8) is 0 Å². The van der Waals surface area contributed by atoms with Crippen LogP contribution in [0.5, 0.6) is 5.75 Å². The number of methoxy groups -OCH3 is 1. The molecule has 0 saturated carbocycles. The molecule has 0 bridgehead atoms. The van der Waals surface area contributed by atoms with Gasteiger partial charge in [0.25, 0.3) is 0 Å². The fourth-order valence-corrected chi connectivity index (χ4v) is 3.50. The number of carbonyl (C=O) groups excluding carboxylic acids is 2. The van der Waals surface area contributed by atoms with Gasteiger partial charge in [-0.15, -0.1) is 11.3 Å². The van der Waals surface area contributed by atoms with E-state index in [9.17, 15) is 14.0 Å². The second kappa shape index (κ2) is 9.78. The number of amides is 2. The maximum atomic E-state index is 13.9. The molecule has 2 amide bonds. The maximum Gasteiger partial charge on any atom is 0.412 e. The number of benzene rings is 2. The molecular formula is C23H24FN3O4S. The van der Waals surface area contributed by atoms with Crippen LogP contribution in [-0.4, -0.2) is 29.7 Å². The highest BCUT2D eigenvalue weighted by molar-refractivity contribution is 7.14. The standard InChI is InChI=1S/C23H24FN3O4S/c1-23(2,3)31-22(29)25-16-8-5-14(6-9-16)11-20(28)27-21-26-18(13-32-21)15-7-10-19(30-4)17(24)12-15/h5-10,12-13H,11H2,1-4H3,(H,25,29)(H,26,27,28). The highest BCUT2D eigenvalue weighted by atomic mass is 32.1. The van der Waals surface area contributed by atoms with E-state index in [-0.39, 0.29) is 18.1 Å². The number of halogens is 1. The first kappa shape index (κ1) is 23.2. The number of ether oxygens (including phenoxy) is 2. The molecule has 0 fully saturated rings. The monoisotopic (exact) mass is 457 g/mol. The first-order valence-electron chi connectivity index (χ1n) is 9.81. The molecule has 32 heavy (non-hydrogen) atoms. The Kier molecular flexibility index (Phi) is 7.09. The number of carbonyl (C=O) groups is 2. The van der Waals surface area contributed by atoms with E-state index in [0.29, 0.717) is 22.1 Å². The first-order valence-corrected chi connectivity index (χ1v) is 10.7. The van der Waals surface area contributed by atoms with Crippen LogP contribution in [0.1, 0.15) is 26.3 Å². The summed E-state index contributed by atoms with van der Waals surface area (Å²) in [4.78, 5) is 28.5. The Morgan fingerprint density at radius 3 is 2.44 bits per heavy atom. The van der Waals surface area contributed by atoms with E-state index < -0.39 is 17.5 Å². The predicted molar refractivity (Wildman–Crippen MR) is 123 cm³/mol. The van der Waals surface area contributed by atoms with Gasteiger partial charge in [-0.25, -0.2) is 14.2 Å². The van der Waals surface area contributed by atoms with Crippen molar-refractivity contribution in [2.75, 3.05) is 17.7 Å². The predicted octanol–water partition coefficient (Wildman–Crippen LogP) is 5.49. The molecule has 168 valence electrons. The third-order valence-corrected chi connectivity index (χ3v) is 4.92. The molecule has 2 N–H and O–H groups in total. The number of aromatic nitrogens is 1. The lowest BCUT2D eigenvalue weighted by Crippen LogP contribution is -2.27. The van der Waals surface area contributed by atoms with Gasteiger partial charge in [0.2, 0.25) is 5.91 Å². The van der Waals surface area contributed by atoms with E-state index >= 15 is 0 Å². The summed E-state index contributed by atoms with van der Waals surface area (Å²) in [6, 6.07) is 11.5. The van der Waals surface area contributed by atoms with Gasteiger partial charge in [-0.2, -0.15) is 0 Å². The van der Waals surface area contributed by atoms with Crippen molar-refractivity contribution in [2.45, 2.75) is 32.8 Å². The van der Waals surface area contributed by atoms with Crippen LogP contribution >= 0.6 is 11.3 Å². The van der Waals surface area contributed by atoms with Gasteiger partial charge in [-0.1, -0.05) is 12.1 Å². The molecule has 0 aliphatic rings. The molecule has 9 heteroatoms. The van der Waals surface area contributed by atoms with E-state index in [1.807, 2.05) is 0 Å². The number of thiazole rings is 1. The third-order valence-electron chi connectivity index (χ3n) is 4.16. The molecule has 7 nitrogen and oxygen atoms in total. The molecule has 0 radical (unpaired) electrons. The van der Waals surface area contributed by atoms with E-state index in [1.54, 1.807) is 56.5 Å². The SMILES string of the molecule is COc1ccc(-c2csc(NC(=O)Cc3ccc(NC(=O)OC(C)(C)C)cc3)n2)cc1F. The molecular weight excluding hydrogens is 433 g/mol. The summed E-state index contributed by atoms with van der Waals surface area (Å²) in [5.74, 6) is -0.558. The van der Waals surface area contributed by atoms with Crippen molar-refractivity contribution < 1.29 is 23.5 Å². The minimum atomic E-state index is -0.584. The van der Waals surface area contributed by atoms with Gasteiger partial charge in [0, 0.05) is 16.6 Å². The molecule has 0 aliphatic heterocycles. The zero-order valence-electron chi connectivity index (χ0n) is 18.2. The van der Waals surface area contributed by atoms with Crippen LogP contribution in [0, 0.1) is 5.82 Å². The molecule has 1 aromatic heterocycles. The number of rotatable bonds is 6. The zero-order chi connectivity index (χ0) is 23.3. The largest absolute Gasteiger partial charge is 0.494 e. The highest BCUT2D eigenvalue weighted by Gasteiger charge is 2.16. The van der Waals surface area contributed by atoms with Gasteiger partial charge in [0.15, 0.2) is 16.7 Å². The van der Waals surface area contributed by atoms with Crippen LogP contribution in [0.15, 0.2) is 47.8 Å². The number of hydrogen-bond donors (Lipinski definition) is 2. The van der Waals surface area contributed by atoms with Crippen LogP contribution in [0.25, 0.3) is 11.3 Å². The van der Waals surface area contributed by atoms with Crippen LogP contribution in [0.3, 0.4) is 0 Å². The fourth-order valence-electron chi connectivity index (χ4n) is 2.77. The lowest BCUT2D eigenvalue weighted by molar-refractivity contribution is -0.115. The van der Waals surface area contributed by atoms with Crippen molar-refractivity contribution in [3.05, 3.63) is 59.2 Å². The summed E-state index contributed by atoms with van der Waals surface area (Å²) in [5, 5.41) is 7.56. The summed E-state index contributed by atoms with van der Waals surface area (Å²) in [5.41, 5.74) is 1.91. The van der Waals surface area contributed by atoms with Crippen molar-refractivity contribution in [1.29, 1.82) is 0 Å². The van der Waals surface area contributed by atoms with Crippen molar-refractivity contribution in [3.8, 4) is 17.0 Å². The van der Waals surface area contributed by atoms with E-state index in [2.05, 4.69) is 15.6 Å². The summed E-state index contributed by atoms with van der Waals surface area (Å²) in [7, 11) is 1.40. The van der Waals surface area contributed by atoms with Crippen molar-refractivity contribution >= 4 is 34.2 Å². The number of nitrogens with one attached hydrogen (secondary N) is 2. The molecule has 0 atom stereocenters. The van der Waals surface area contributed by atoms with E-state index in [0.717, 1.165) is 5.56 Å². The fraction of sp³-hybridized carbons (Fsp3) is 0.261. The lowest BCUT2D eigenvalue weighted by atomic mass is 10.1. The highest BCUT2D eigenvalue weighted by Crippen LogP contribution is 2.28. The van der Waals surface area contributed by atoms with Gasteiger partial charge >= 0.3 is 6.09 Å². The summed E-state index contributed by atoms with van der Waals surface area (Å²) >= 11 is 1.25. The average Bonchev–Trinajstić information content (AvgIpc) is 3.16. The number of nitrogens with zero attached hydrogens (tertiary/aromatic N) is 1. The lowest BCUT2D eigenvalue weighted by Gasteiger charge is -2.19. The quantitative estimate of drug-likeness (QED) is 0.511. The Balaban J connectivity index is 1.56.